The molecule has 0 aromatic carbocycles. The van der Waals surface area contributed by atoms with Crippen LogP contribution in [0.15, 0.2) is 6.07 Å². The van der Waals surface area contributed by atoms with E-state index in [9.17, 15) is 13.2 Å². The van der Waals surface area contributed by atoms with Gasteiger partial charge in [0.05, 0.1) is 11.4 Å². The summed E-state index contributed by atoms with van der Waals surface area (Å²) in [5.41, 5.74) is 0.540. The topological polar surface area (TPSA) is 99.3 Å². The van der Waals surface area contributed by atoms with Crippen molar-refractivity contribution in [3.8, 4) is 0 Å². The van der Waals surface area contributed by atoms with Gasteiger partial charge in [0.1, 0.15) is 5.69 Å². The molecule has 1 rings (SSSR count). The SMILES string of the molecule is Cc1cc(NS(=O)(=O)CCC(C)C)c(C(=O)O)[nH]1. The van der Waals surface area contributed by atoms with Crippen LogP contribution in [0.4, 0.5) is 5.69 Å². The first-order valence-corrected chi connectivity index (χ1v) is 7.30. The van der Waals surface area contributed by atoms with Gasteiger partial charge >= 0.3 is 5.97 Å². The lowest BCUT2D eigenvalue weighted by molar-refractivity contribution is 0.0692. The van der Waals surface area contributed by atoms with E-state index in [1.807, 2.05) is 13.8 Å². The first-order chi connectivity index (χ1) is 8.21. The number of rotatable bonds is 6. The number of sulfonamides is 1. The van der Waals surface area contributed by atoms with E-state index in [-0.39, 0.29) is 23.1 Å². The monoisotopic (exact) mass is 274 g/mol. The van der Waals surface area contributed by atoms with Crippen molar-refractivity contribution in [3.63, 3.8) is 0 Å². The fraction of sp³-hybridized carbons (Fsp3) is 0.545. The molecule has 0 atom stereocenters. The van der Waals surface area contributed by atoms with Crippen LogP contribution in [0.25, 0.3) is 0 Å². The molecule has 18 heavy (non-hydrogen) atoms. The molecule has 7 heteroatoms. The van der Waals surface area contributed by atoms with E-state index in [0.717, 1.165) is 0 Å². The van der Waals surface area contributed by atoms with Gasteiger partial charge in [0.25, 0.3) is 0 Å². The van der Waals surface area contributed by atoms with Gasteiger partial charge in [0.2, 0.25) is 10.0 Å². The number of carboxylic acid groups (broad SMARTS) is 1. The summed E-state index contributed by atoms with van der Waals surface area (Å²) >= 11 is 0. The maximum atomic E-state index is 11.8. The van der Waals surface area contributed by atoms with Crippen molar-refractivity contribution in [3.05, 3.63) is 17.5 Å². The van der Waals surface area contributed by atoms with Gasteiger partial charge in [0, 0.05) is 5.69 Å². The molecule has 0 amide bonds. The molecule has 0 radical (unpaired) electrons. The number of anilines is 1. The molecular formula is C11H18N2O4S. The smallest absolute Gasteiger partial charge is 0.354 e. The predicted molar refractivity (Wildman–Crippen MR) is 69.4 cm³/mol. The van der Waals surface area contributed by atoms with Crippen molar-refractivity contribution >= 4 is 21.7 Å². The van der Waals surface area contributed by atoms with E-state index >= 15 is 0 Å². The summed E-state index contributed by atoms with van der Waals surface area (Å²) in [4.78, 5) is 13.5. The molecule has 0 aliphatic carbocycles. The van der Waals surface area contributed by atoms with Crippen LogP contribution in [0.5, 0.6) is 0 Å². The Morgan fingerprint density at radius 3 is 2.61 bits per heavy atom. The Kier molecular flexibility index (Phi) is 4.39. The average molecular weight is 274 g/mol. The summed E-state index contributed by atoms with van der Waals surface area (Å²) in [6.07, 6.45) is 0.529. The second kappa shape index (κ2) is 5.43. The standard InChI is InChI=1S/C11H18N2O4S/c1-7(2)4-5-18(16,17)13-9-6-8(3)12-10(9)11(14)15/h6-7,12-13H,4-5H2,1-3H3,(H,14,15). The molecule has 0 aliphatic rings. The Morgan fingerprint density at radius 1 is 1.50 bits per heavy atom. The predicted octanol–water partition coefficient (Wildman–Crippen LogP) is 1.81. The van der Waals surface area contributed by atoms with Gasteiger partial charge in [-0.15, -0.1) is 0 Å². The Bertz CT molecular complexity index is 531. The first kappa shape index (κ1) is 14.6. The van der Waals surface area contributed by atoms with Gasteiger partial charge in [-0.05, 0) is 25.3 Å². The number of carbonyl (C=O) groups is 1. The highest BCUT2D eigenvalue weighted by molar-refractivity contribution is 7.92. The van der Waals surface area contributed by atoms with Gasteiger partial charge in [-0.3, -0.25) is 4.72 Å². The second-order valence-corrected chi connectivity index (χ2v) is 6.49. The van der Waals surface area contributed by atoms with Gasteiger partial charge in [-0.1, -0.05) is 13.8 Å². The molecule has 1 aromatic heterocycles. The maximum absolute atomic E-state index is 11.8. The zero-order valence-electron chi connectivity index (χ0n) is 10.6. The summed E-state index contributed by atoms with van der Waals surface area (Å²) in [5, 5.41) is 8.93. The lowest BCUT2D eigenvalue weighted by Gasteiger charge is -2.08. The van der Waals surface area contributed by atoms with Gasteiger partial charge in [-0.25, -0.2) is 13.2 Å². The van der Waals surface area contributed by atoms with Crippen LogP contribution < -0.4 is 4.72 Å². The number of aromatic carboxylic acids is 1. The maximum Gasteiger partial charge on any atom is 0.354 e. The third-order valence-electron chi connectivity index (χ3n) is 2.40. The van der Waals surface area contributed by atoms with E-state index in [2.05, 4.69) is 9.71 Å². The Balaban J connectivity index is 2.87. The highest BCUT2D eigenvalue weighted by Gasteiger charge is 2.18. The third kappa shape index (κ3) is 4.06. The average Bonchev–Trinajstić information content (AvgIpc) is 2.56. The van der Waals surface area contributed by atoms with Crippen LogP contribution >= 0.6 is 0 Å². The Labute approximate surface area is 106 Å². The number of hydrogen-bond acceptors (Lipinski definition) is 3. The largest absolute Gasteiger partial charge is 0.477 e. The molecule has 0 bridgehead atoms. The van der Waals surface area contributed by atoms with Crippen molar-refractivity contribution in [1.29, 1.82) is 0 Å². The molecule has 0 spiro atoms. The zero-order valence-corrected chi connectivity index (χ0v) is 11.5. The highest BCUT2D eigenvalue weighted by Crippen LogP contribution is 2.19. The van der Waals surface area contributed by atoms with Crippen LogP contribution in [0.3, 0.4) is 0 Å². The fourth-order valence-corrected chi connectivity index (χ4v) is 2.83. The Hall–Kier alpha value is -1.50. The number of hydrogen-bond donors (Lipinski definition) is 3. The van der Waals surface area contributed by atoms with Crippen molar-refractivity contribution in [2.45, 2.75) is 27.2 Å². The van der Waals surface area contributed by atoms with Crippen LogP contribution in [-0.4, -0.2) is 30.2 Å². The van der Waals surface area contributed by atoms with Crippen LogP contribution in [-0.2, 0) is 10.0 Å². The minimum absolute atomic E-state index is 0.0199. The second-order valence-electron chi connectivity index (χ2n) is 4.65. The molecule has 3 N–H and O–H groups in total. The molecule has 0 unspecified atom stereocenters. The zero-order chi connectivity index (χ0) is 13.9. The van der Waals surface area contributed by atoms with Crippen LogP contribution in [0, 0.1) is 12.8 Å². The molecule has 1 aromatic rings. The number of H-pyrrole nitrogens is 1. The number of nitrogens with one attached hydrogen (secondary N) is 2. The van der Waals surface area contributed by atoms with Crippen molar-refractivity contribution in [2.24, 2.45) is 5.92 Å². The third-order valence-corrected chi connectivity index (χ3v) is 3.70. The van der Waals surface area contributed by atoms with E-state index < -0.39 is 16.0 Å². The van der Waals surface area contributed by atoms with Crippen molar-refractivity contribution < 1.29 is 18.3 Å². The van der Waals surface area contributed by atoms with Crippen LogP contribution in [0.2, 0.25) is 0 Å². The lowest BCUT2D eigenvalue weighted by Crippen LogP contribution is -2.19. The normalized spacial score (nSPS) is 11.8. The molecular weight excluding hydrogens is 256 g/mol. The summed E-state index contributed by atoms with van der Waals surface area (Å²) in [7, 11) is -3.51. The fourth-order valence-electron chi connectivity index (χ4n) is 1.45. The number of aromatic amines is 1. The minimum Gasteiger partial charge on any atom is -0.477 e. The number of aryl methyl sites for hydroxylation is 1. The minimum atomic E-state index is -3.51. The highest BCUT2D eigenvalue weighted by atomic mass is 32.2. The van der Waals surface area contributed by atoms with Crippen molar-refractivity contribution in [1.82, 2.24) is 4.98 Å². The molecule has 0 saturated carbocycles. The molecule has 102 valence electrons. The van der Waals surface area contributed by atoms with E-state index in [4.69, 9.17) is 5.11 Å². The van der Waals surface area contributed by atoms with Gasteiger partial charge < -0.3 is 10.1 Å². The summed E-state index contributed by atoms with van der Waals surface area (Å²) < 4.78 is 25.8. The Morgan fingerprint density at radius 2 is 2.11 bits per heavy atom. The molecule has 0 saturated heterocycles. The molecule has 1 heterocycles. The lowest BCUT2D eigenvalue weighted by atomic mass is 10.2. The van der Waals surface area contributed by atoms with E-state index in [0.29, 0.717) is 12.1 Å². The van der Waals surface area contributed by atoms with Crippen LogP contribution in [0.1, 0.15) is 36.5 Å². The molecule has 0 fully saturated rings. The van der Waals surface area contributed by atoms with Crippen molar-refractivity contribution in [2.75, 3.05) is 10.5 Å². The number of aromatic nitrogens is 1. The molecule has 6 nitrogen and oxygen atoms in total. The first-order valence-electron chi connectivity index (χ1n) is 5.64. The summed E-state index contributed by atoms with van der Waals surface area (Å²) in [6, 6.07) is 1.47. The molecule has 0 aliphatic heterocycles. The van der Waals surface area contributed by atoms with E-state index in [1.165, 1.54) is 6.07 Å². The summed E-state index contributed by atoms with van der Waals surface area (Å²) in [6.45, 7) is 5.52. The van der Waals surface area contributed by atoms with Gasteiger partial charge in [0.15, 0.2) is 0 Å². The summed E-state index contributed by atoms with van der Waals surface area (Å²) in [5.74, 6) is -0.938. The number of carboxylic acids is 1. The van der Waals surface area contributed by atoms with Gasteiger partial charge in [-0.2, -0.15) is 0 Å². The van der Waals surface area contributed by atoms with E-state index in [1.54, 1.807) is 6.92 Å². The quantitative estimate of drug-likeness (QED) is 0.736.